The molecule has 2 aromatic carbocycles. The molecule has 0 aliphatic carbocycles. The molecule has 0 saturated heterocycles. The van der Waals surface area contributed by atoms with Crippen LogP contribution in [0.1, 0.15) is 59.4 Å². The predicted molar refractivity (Wildman–Crippen MR) is 121 cm³/mol. The molecule has 9 heteroatoms. The van der Waals surface area contributed by atoms with E-state index in [1.807, 2.05) is 39.0 Å². The summed E-state index contributed by atoms with van der Waals surface area (Å²) < 4.78 is 41.7. The molecule has 3 rings (SSSR count). The summed E-state index contributed by atoms with van der Waals surface area (Å²) in [5.41, 5.74) is 4.68. The van der Waals surface area contributed by atoms with E-state index in [0.717, 1.165) is 32.8 Å². The van der Waals surface area contributed by atoms with Crippen molar-refractivity contribution in [3.63, 3.8) is 0 Å². The van der Waals surface area contributed by atoms with Crippen LogP contribution in [-0.4, -0.2) is 27.6 Å². The number of hydrogen-bond donors (Lipinski definition) is 2. The molecular formula is C24H25F3N2O3S. The third-order valence-electron chi connectivity index (χ3n) is 5.15. The molecule has 33 heavy (non-hydrogen) atoms. The van der Waals surface area contributed by atoms with Gasteiger partial charge in [0.15, 0.2) is 0 Å². The summed E-state index contributed by atoms with van der Waals surface area (Å²) in [5, 5.41) is 16.0. The number of aromatic nitrogens is 2. The molecule has 0 aliphatic rings. The third kappa shape index (κ3) is 6.77. The van der Waals surface area contributed by atoms with Gasteiger partial charge in [-0.25, -0.2) is 0 Å². The lowest BCUT2D eigenvalue weighted by atomic mass is 9.99. The van der Waals surface area contributed by atoms with Crippen molar-refractivity contribution in [3.05, 3.63) is 76.6 Å². The molecule has 2 N–H and O–H groups in total. The highest BCUT2D eigenvalue weighted by atomic mass is 32.2. The van der Waals surface area contributed by atoms with Crippen molar-refractivity contribution in [2.45, 2.75) is 56.0 Å². The topological polar surface area (TPSA) is 75.2 Å². The zero-order valence-corrected chi connectivity index (χ0v) is 19.3. The molecule has 176 valence electrons. The second kappa shape index (κ2) is 10.3. The van der Waals surface area contributed by atoms with Crippen LogP contribution >= 0.6 is 11.8 Å². The minimum atomic E-state index is -4.75. The highest BCUT2D eigenvalue weighted by Crippen LogP contribution is 2.43. The highest BCUT2D eigenvalue weighted by Gasteiger charge is 2.31. The summed E-state index contributed by atoms with van der Waals surface area (Å²) in [5.74, 6) is -0.935. The maximum atomic E-state index is 12.6. The van der Waals surface area contributed by atoms with Gasteiger partial charge in [0.1, 0.15) is 5.75 Å². The Balaban J connectivity index is 1.92. The van der Waals surface area contributed by atoms with E-state index in [1.165, 1.54) is 12.1 Å². The normalized spacial score (nSPS) is 12.7. The van der Waals surface area contributed by atoms with Gasteiger partial charge in [-0.2, -0.15) is 5.10 Å². The number of rotatable bonds is 9. The lowest BCUT2D eigenvalue weighted by Gasteiger charge is -2.20. The largest absolute Gasteiger partial charge is 0.573 e. The van der Waals surface area contributed by atoms with Crippen LogP contribution in [0.3, 0.4) is 0 Å². The summed E-state index contributed by atoms with van der Waals surface area (Å²) in [6.07, 6.45) is -2.48. The zero-order chi connectivity index (χ0) is 24.2. The Labute approximate surface area is 194 Å². The second-order valence-corrected chi connectivity index (χ2v) is 9.17. The molecule has 0 bridgehead atoms. The van der Waals surface area contributed by atoms with E-state index in [9.17, 15) is 18.0 Å². The second-order valence-electron chi connectivity index (χ2n) is 7.99. The summed E-state index contributed by atoms with van der Waals surface area (Å²) >= 11 is 1.56. The van der Waals surface area contributed by atoms with Crippen LogP contribution < -0.4 is 4.74 Å². The number of carbonyl (C=O) groups is 1. The minimum absolute atomic E-state index is 0.0646. The first-order chi connectivity index (χ1) is 15.5. The zero-order valence-electron chi connectivity index (χ0n) is 18.4. The van der Waals surface area contributed by atoms with Crippen LogP contribution in [0.2, 0.25) is 0 Å². The first-order valence-corrected chi connectivity index (χ1v) is 11.3. The van der Waals surface area contributed by atoms with E-state index in [0.29, 0.717) is 6.42 Å². The Hall–Kier alpha value is -2.94. The number of aromatic amines is 1. The summed E-state index contributed by atoms with van der Waals surface area (Å²) in [4.78, 5) is 11.8. The fraction of sp³-hybridized carbons (Fsp3) is 0.333. The van der Waals surface area contributed by atoms with Crippen molar-refractivity contribution in [1.29, 1.82) is 0 Å². The average molecular weight is 479 g/mol. The van der Waals surface area contributed by atoms with Gasteiger partial charge in [-0.15, -0.1) is 24.9 Å². The first kappa shape index (κ1) is 24.7. The van der Waals surface area contributed by atoms with E-state index >= 15 is 0 Å². The number of benzene rings is 2. The molecule has 1 atom stereocenters. The molecule has 0 radical (unpaired) electrons. The van der Waals surface area contributed by atoms with Gasteiger partial charge in [0.25, 0.3) is 0 Å². The van der Waals surface area contributed by atoms with Gasteiger partial charge in [-0.05, 0) is 60.2 Å². The minimum Gasteiger partial charge on any atom is -0.481 e. The van der Waals surface area contributed by atoms with Gasteiger partial charge in [0, 0.05) is 22.6 Å². The molecule has 0 fully saturated rings. The Kier molecular flexibility index (Phi) is 7.73. The standard InChI is InChI=1S/C24H25F3N2O3S/c1-14(2)22-20(13-28-29-22)23(17-4-8-18(9-5-17)32-24(25,26)27)33-19-10-6-16(15(3)12-19)7-11-21(30)31/h4-6,8-10,12-14,23H,7,11H2,1-3H3,(H,28,29)(H,30,31). The Morgan fingerprint density at radius 3 is 2.45 bits per heavy atom. The maximum Gasteiger partial charge on any atom is 0.573 e. The monoisotopic (exact) mass is 478 g/mol. The Morgan fingerprint density at radius 1 is 1.18 bits per heavy atom. The molecule has 3 aromatic rings. The number of hydrogen-bond acceptors (Lipinski definition) is 4. The van der Waals surface area contributed by atoms with Crippen molar-refractivity contribution in [1.82, 2.24) is 10.2 Å². The maximum absolute atomic E-state index is 12.6. The quantitative estimate of drug-likeness (QED) is 0.337. The molecule has 1 unspecified atom stereocenters. The van der Waals surface area contributed by atoms with E-state index in [4.69, 9.17) is 5.11 Å². The number of aliphatic carboxylic acids is 1. The van der Waals surface area contributed by atoms with Crippen molar-refractivity contribution >= 4 is 17.7 Å². The van der Waals surface area contributed by atoms with Crippen LogP contribution in [0.15, 0.2) is 53.6 Å². The van der Waals surface area contributed by atoms with Gasteiger partial charge in [0.05, 0.1) is 11.4 Å². The lowest BCUT2D eigenvalue weighted by molar-refractivity contribution is -0.274. The van der Waals surface area contributed by atoms with Gasteiger partial charge in [-0.1, -0.05) is 32.0 Å². The number of nitrogens with one attached hydrogen (secondary N) is 1. The van der Waals surface area contributed by atoms with Crippen molar-refractivity contribution in [3.8, 4) is 5.75 Å². The molecule has 0 aliphatic heterocycles. The number of thioether (sulfide) groups is 1. The molecule has 1 heterocycles. The van der Waals surface area contributed by atoms with Gasteiger partial charge in [-0.3, -0.25) is 9.89 Å². The number of alkyl halides is 3. The SMILES string of the molecule is Cc1cc(SC(c2ccc(OC(F)(F)F)cc2)c2cn[nH]c2C(C)C)ccc1CCC(=O)O. The number of carboxylic acids is 1. The highest BCUT2D eigenvalue weighted by molar-refractivity contribution is 7.99. The third-order valence-corrected chi connectivity index (χ3v) is 6.44. The van der Waals surface area contributed by atoms with Crippen LogP contribution in [-0.2, 0) is 11.2 Å². The summed E-state index contributed by atoms with van der Waals surface area (Å²) in [7, 11) is 0. The molecule has 1 aromatic heterocycles. The van der Waals surface area contributed by atoms with E-state index in [2.05, 4.69) is 14.9 Å². The smallest absolute Gasteiger partial charge is 0.481 e. The van der Waals surface area contributed by atoms with Gasteiger partial charge >= 0.3 is 12.3 Å². The average Bonchev–Trinajstić information content (AvgIpc) is 3.21. The van der Waals surface area contributed by atoms with Gasteiger partial charge in [0.2, 0.25) is 0 Å². The first-order valence-electron chi connectivity index (χ1n) is 10.4. The van der Waals surface area contributed by atoms with Gasteiger partial charge < -0.3 is 9.84 Å². The molecule has 5 nitrogen and oxygen atoms in total. The molecular weight excluding hydrogens is 453 g/mol. The van der Waals surface area contributed by atoms with Crippen LogP contribution in [0, 0.1) is 6.92 Å². The van der Waals surface area contributed by atoms with E-state index < -0.39 is 12.3 Å². The fourth-order valence-electron chi connectivity index (χ4n) is 3.53. The lowest BCUT2D eigenvalue weighted by Crippen LogP contribution is -2.17. The Morgan fingerprint density at radius 2 is 1.88 bits per heavy atom. The number of H-pyrrole nitrogens is 1. The van der Waals surface area contributed by atoms with Crippen LogP contribution in [0.4, 0.5) is 13.2 Å². The fourth-order valence-corrected chi connectivity index (χ4v) is 4.80. The number of halogens is 3. The van der Waals surface area contributed by atoms with Crippen LogP contribution in [0.25, 0.3) is 0 Å². The number of carboxylic acid groups (broad SMARTS) is 1. The molecule has 0 amide bonds. The number of nitrogens with zero attached hydrogens (tertiary/aromatic N) is 1. The predicted octanol–water partition coefficient (Wildman–Crippen LogP) is 6.64. The molecule has 0 spiro atoms. The van der Waals surface area contributed by atoms with Crippen molar-refractivity contribution < 1.29 is 27.8 Å². The van der Waals surface area contributed by atoms with E-state index in [-0.39, 0.29) is 23.3 Å². The summed E-state index contributed by atoms with van der Waals surface area (Å²) in [6, 6.07) is 11.8. The van der Waals surface area contributed by atoms with Crippen molar-refractivity contribution in [2.24, 2.45) is 0 Å². The Bertz CT molecular complexity index is 1100. The molecule has 0 saturated carbocycles. The van der Waals surface area contributed by atoms with E-state index in [1.54, 1.807) is 30.1 Å². The number of aryl methyl sites for hydroxylation is 2. The van der Waals surface area contributed by atoms with Crippen molar-refractivity contribution in [2.75, 3.05) is 0 Å². The summed E-state index contributed by atoms with van der Waals surface area (Å²) in [6.45, 7) is 6.03. The number of ether oxygens (including phenoxy) is 1. The van der Waals surface area contributed by atoms with Crippen LogP contribution in [0.5, 0.6) is 5.75 Å².